The highest BCUT2D eigenvalue weighted by atomic mass is 32.2. The molecule has 0 aliphatic rings. The van der Waals surface area contributed by atoms with Crippen LogP contribution >= 0.6 is 0 Å². The van der Waals surface area contributed by atoms with E-state index in [1.807, 2.05) is 0 Å². The number of ether oxygens (including phenoxy) is 2. The van der Waals surface area contributed by atoms with Gasteiger partial charge in [0.2, 0.25) is 10.0 Å². The Balaban J connectivity index is 3.07. The summed E-state index contributed by atoms with van der Waals surface area (Å²) in [7, 11) is -2.10. The average molecular weight is 287 g/mol. The molecule has 0 fully saturated rings. The maximum absolute atomic E-state index is 11.7. The van der Waals surface area contributed by atoms with Crippen molar-refractivity contribution in [2.75, 3.05) is 30.8 Å². The van der Waals surface area contributed by atoms with Gasteiger partial charge in [0.05, 0.1) is 25.7 Å². The van der Waals surface area contributed by atoms with Crippen LogP contribution < -0.4 is 9.04 Å². The third-order valence-electron chi connectivity index (χ3n) is 2.32. The van der Waals surface area contributed by atoms with E-state index in [-0.39, 0.29) is 13.2 Å². The number of methoxy groups -OCH3 is 1. The lowest BCUT2D eigenvalue weighted by molar-refractivity contribution is -0.141. The van der Waals surface area contributed by atoms with Crippen LogP contribution in [0.4, 0.5) is 5.69 Å². The number of carbonyl (C=O) groups is 1. The van der Waals surface area contributed by atoms with Gasteiger partial charge in [-0.05, 0) is 19.1 Å². The first-order valence-electron chi connectivity index (χ1n) is 5.66. The van der Waals surface area contributed by atoms with Gasteiger partial charge in [-0.2, -0.15) is 0 Å². The van der Waals surface area contributed by atoms with Crippen LogP contribution in [0.15, 0.2) is 24.3 Å². The lowest BCUT2D eigenvalue weighted by Gasteiger charge is -2.21. The van der Waals surface area contributed by atoms with Crippen LogP contribution in [0, 0.1) is 0 Å². The van der Waals surface area contributed by atoms with Crippen LogP contribution in [0.5, 0.6) is 5.75 Å². The zero-order valence-corrected chi connectivity index (χ0v) is 11.9. The highest BCUT2D eigenvalue weighted by Gasteiger charge is 2.21. The number of sulfonamides is 1. The molecule has 0 amide bonds. The highest BCUT2D eigenvalue weighted by Crippen LogP contribution is 2.22. The van der Waals surface area contributed by atoms with Crippen molar-refractivity contribution in [2.45, 2.75) is 6.92 Å². The minimum absolute atomic E-state index is 0.203. The van der Waals surface area contributed by atoms with Crippen molar-refractivity contribution in [3.63, 3.8) is 0 Å². The summed E-state index contributed by atoms with van der Waals surface area (Å²) in [4.78, 5) is 11.5. The predicted molar refractivity (Wildman–Crippen MR) is 71.8 cm³/mol. The standard InChI is InChI=1S/C12H17NO5S/c1-4-18-12(14)9-13(19(3,15)16)10-6-5-7-11(8-10)17-2/h5-8H,4,9H2,1-3H3. The first kappa shape index (κ1) is 15.3. The van der Waals surface area contributed by atoms with E-state index in [2.05, 4.69) is 0 Å². The van der Waals surface area contributed by atoms with Gasteiger partial charge in [0.15, 0.2) is 0 Å². The van der Waals surface area contributed by atoms with Crippen molar-refractivity contribution in [1.82, 2.24) is 0 Å². The Hall–Kier alpha value is -1.76. The molecule has 0 unspecified atom stereocenters. The quantitative estimate of drug-likeness (QED) is 0.730. The zero-order chi connectivity index (χ0) is 14.5. The third kappa shape index (κ3) is 4.44. The Bertz CT molecular complexity index is 541. The van der Waals surface area contributed by atoms with Gasteiger partial charge in [0, 0.05) is 6.07 Å². The van der Waals surface area contributed by atoms with Crippen LogP contribution in [0.3, 0.4) is 0 Å². The van der Waals surface area contributed by atoms with E-state index in [4.69, 9.17) is 9.47 Å². The van der Waals surface area contributed by atoms with E-state index < -0.39 is 16.0 Å². The molecular weight excluding hydrogens is 270 g/mol. The van der Waals surface area contributed by atoms with Gasteiger partial charge in [-0.3, -0.25) is 9.10 Å². The number of nitrogens with zero attached hydrogens (tertiary/aromatic N) is 1. The molecule has 0 atom stereocenters. The highest BCUT2D eigenvalue weighted by molar-refractivity contribution is 7.92. The largest absolute Gasteiger partial charge is 0.497 e. The van der Waals surface area contributed by atoms with Crippen LogP contribution in [0.1, 0.15) is 6.92 Å². The third-order valence-corrected chi connectivity index (χ3v) is 3.46. The molecule has 0 saturated heterocycles. The number of hydrogen-bond donors (Lipinski definition) is 0. The predicted octanol–water partition coefficient (Wildman–Crippen LogP) is 1.02. The molecule has 106 valence electrons. The summed E-state index contributed by atoms with van der Waals surface area (Å²) in [5.41, 5.74) is 0.356. The maximum atomic E-state index is 11.7. The molecule has 0 aliphatic heterocycles. The second-order valence-electron chi connectivity index (χ2n) is 3.78. The van der Waals surface area contributed by atoms with Crippen molar-refractivity contribution >= 4 is 21.7 Å². The Kier molecular flexibility index (Phi) is 5.17. The molecule has 0 saturated carbocycles. The van der Waals surface area contributed by atoms with Crippen molar-refractivity contribution < 1.29 is 22.7 Å². The Morgan fingerprint density at radius 3 is 2.58 bits per heavy atom. The molecule has 1 aromatic rings. The lowest BCUT2D eigenvalue weighted by Crippen LogP contribution is -2.35. The van der Waals surface area contributed by atoms with Gasteiger partial charge >= 0.3 is 5.97 Å². The Morgan fingerprint density at radius 1 is 1.37 bits per heavy atom. The SMILES string of the molecule is CCOC(=O)CN(c1cccc(OC)c1)S(C)(=O)=O. The molecule has 0 heterocycles. The second kappa shape index (κ2) is 6.42. The fraction of sp³-hybridized carbons (Fsp3) is 0.417. The molecule has 0 aliphatic carbocycles. The smallest absolute Gasteiger partial charge is 0.326 e. The summed E-state index contributed by atoms with van der Waals surface area (Å²) >= 11 is 0. The summed E-state index contributed by atoms with van der Waals surface area (Å²) in [5.74, 6) is -0.0919. The maximum Gasteiger partial charge on any atom is 0.326 e. The molecule has 0 aromatic heterocycles. The van der Waals surface area contributed by atoms with E-state index in [1.165, 1.54) is 7.11 Å². The monoisotopic (exact) mass is 287 g/mol. The molecule has 6 nitrogen and oxygen atoms in total. The van der Waals surface area contributed by atoms with Crippen molar-refractivity contribution in [1.29, 1.82) is 0 Å². The van der Waals surface area contributed by atoms with Gasteiger partial charge < -0.3 is 9.47 Å². The fourth-order valence-corrected chi connectivity index (χ4v) is 2.33. The van der Waals surface area contributed by atoms with Crippen LogP contribution in [-0.2, 0) is 19.6 Å². The minimum atomic E-state index is -3.58. The number of carbonyl (C=O) groups excluding carboxylic acids is 1. The minimum Gasteiger partial charge on any atom is -0.497 e. The van der Waals surface area contributed by atoms with E-state index in [0.29, 0.717) is 11.4 Å². The molecular formula is C12H17NO5S. The van der Waals surface area contributed by atoms with E-state index in [0.717, 1.165) is 10.6 Å². The summed E-state index contributed by atoms with van der Waals surface area (Å²) in [6.45, 7) is 1.50. The number of benzene rings is 1. The van der Waals surface area contributed by atoms with Gasteiger partial charge in [0.1, 0.15) is 12.3 Å². The van der Waals surface area contributed by atoms with Crippen LogP contribution in [-0.4, -0.2) is 40.9 Å². The van der Waals surface area contributed by atoms with Crippen LogP contribution in [0.25, 0.3) is 0 Å². The van der Waals surface area contributed by atoms with Crippen molar-refractivity contribution in [3.05, 3.63) is 24.3 Å². The van der Waals surface area contributed by atoms with Gasteiger partial charge in [-0.15, -0.1) is 0 Å². The van der Waals surface area contributed by atoms with E-state index in [9.17, 15) is 13.2 Å². The van der Waals surface area contributed by atoms with E-state index >= 15 is 0 Å². The fourth-order valence-electron chi connectivity index (χ4n) is 1.49. The topological polar surface area (TPSA) is 72.9 Å². The van der Waals surface area contributed by atoms with Gasteiger partial charge in [0.25, 0.3) is 0 Å². The Morgan fingerprint density at radius 2 is 2.05 bits per heavy atom. The second-order valence-corrected chi connectivity index (χ2v) is 5.68. The normalized spacial score (nSPS) is 10.9. The molecule has 19 heavy (non-hydrogen) atoms. The first-order chi connectivity index (χ1) is 8.88. The summed E-state index contributed by atoms with van der Waals surface area (Å²) < 4.78 is 34.3. The van der Waals surface area contributed by atoms with E-state index in [1.54, 1.807) is 31.2 Å². The van der Waals surface area contributed by atoms with Crippen molar-refractivity contribution in [2.24, 2.45) is 0 Å². The number of esters is 1. The average Bonchev–Trinajstić information content (AvgIpc) is 2.35. The molecule has 0 spiro atoms. The molecule has 7 heteroatoms. The summed E-state index contributed by atoms with van der Waals surface area (Å²) in [6.07, 6.45) is 1.03. The molecule has 0 N–H and O–H groups in total. The molecule has 0 radical (unpaired) electrons. The van der Waals surface area contributed by atoms with Crippen molar-refractivity contribution in [3.8, 4) is 5.75 Å². The molecule has 0 bridgehead atoms. The number of anilines is 1. The van der Waals surface area contributed by atoms with Gasteiger partial charge in [-0.25, -0.2) is 8.42 Å². The molecule has 1 aromatic carbocycles. The molecule has 1 rings (SSSR count). The lowest BCUT2D eigenvalue weighted by atomic mass is 10.3. The summed E-state index contributed by atoms with van der Waals surface area (Å²) in [6, 6.07) is 6.47. The summed E-state index contributed by atoms with van der Waals surface area (Å²) in [5, 5.41) is 0. The number of hydrogen-bond acceptors (Lipinski definition) is 5. The zero-order valence-electron chi connectivity index (χ0n) is 11.1. The first-order valence-corrected chi connectivity index (χ1v) is 7.50. The number of rotatable bonds is 6. The Labute approximate surface area is 113 Å². The van der Waals surface area contributed by atoms with Gasteiger partial charge in [-0.1, -0.05) is 6.07 Å². The van der Waals surface area contributed by atoms with Crippen LogP contribution in [0.2, 0.25) is 0 Å².